The first-order valence-corrected chi connectivity index (χ1v) is 16.1. The number of hydrogen-bond acceptors (Lipinski definition) is 6. The molecule has 0 bridgehead atoms. The van der Waals surface area contributed by atoms with E-state index < -0.39 is 6.23 Å². The number of carbonyl (C=O) groups is 1. The first-order valence-electron chi connectivity index (χ1n) is 16.1. The standard InChI is InChI=1S/C35H42N10O3/c1-7-44-29(20-23(3)38-44)32(47)36-34-40(5)26-15-9-10-16-27(26)42(34)18-11-12-19-43-31-25(22-46)14-13-17-28(31)41(6)35(43)37-33(48)30-21-24(4)39-45(30)8-2/h9-17,20-21,33,46,48H,7-8,18-19,22H2,1-6H3/b12-11+,36-34?,37-35?. The molecule has 0 aliphatic rings. The summed E-state index contributed by atoms with van der Waals surface area (Å²) in [5.41, 5.74) is 8.07. The van der Waals surface area contributed by atoms with Crippen molar-refractivity contribution in [2.24, 2.45) is 24.1 Å². The Morgan fingerprint density at radius 3 is 2.17 bits per heavy atom. The molecule has 4 aromatic heterocycles. The highest BCUT2D eigenvalue weighted by atomic mass is 16.3. The highest BCUT2D eigenvalue weighted by molar-refractivity contribution is 5.93. The van der Waals surface area contributed by atoms with Crippen molar-refractivity contribution < 1.29 is 15.0 Å². The Kier molecular flexibility index (Phi) is 9.16. The van der Waals surface area contributed by atoms with Gasteiger partial charge in [0.1, 0.15) is 5.69 Å². The first kappa shape index (κ1) is 32.7. The van der Waals surface area contributed by atoms with Gasteiger partial charge in [0, 0.05) is 45.8 Å². The number of imidazole rings is 2. The molecule has 0 saturated carbocycles. The van der Waals surface area contributed by atoms with Gasteiger partial charge in [-0.25, -0.2) is 4.99 Å². The number of hydrogen-bond donors (Lipinski definition) is 2. The average molecular weight is 651 g/mol. The fraction of sp³-hybridized carbons (Fsp3) is 0.343. The Morgan fingerprint density at radius 2 is 1.46 bits per heavy atom. The number of aromatic nitrogens is 8. The van der Waals surface area contributed by atoms with Crippen molar-refractivity contribution in [1.29, 1.82) is 0 Å². The number of allylic oxidation sites excluding steroid dienone is 2. The Labute approximate surface area is 277 Å². The van der Waals surface area contributed by atoms with E-state index >= 15 is 0 Å². The molecule has 1 atom stereocenters. The van der Waals surface area contributed by atoms with Crippen LogP contribution in [-0.4, -0.2) is 53.9 Å². The average Bonchev–Trinajstić information content (AvgIpc) is 3.81. The number of rotatable bonds is 10. The second-order valence-electron chi connectivity index (χ2n) is 11.8. The summed E-state index contributed by atoms with van der Waals surface area (Å²) in [5, 5.41) is 30.4. The number of aryl methyl sites for hydroxylation is 6. The molecule has 13 nitrogen and oxygen atoms in total. The minimum absolute atomic E-state index is 0.143. The summed E-state index contributed by atoms with van der Waals surface area (Å²) in [7, 11) is 3.81. The zero-order valence-electron chi connectivity index (χ0n) is 28.2. The Balaban J connectivity index is 1.40. The third kappa shape index (κ3) is 5.86. The van der Waals surface area contributed by atoms with Crippen molar-refractivity contribution in [1.82, 2.24) is 37.8 Å². The van der Waals surface area contributed by atoms with Crippen molar-refractivity contribution in [2.45, 2.75) is 66.7 Å². The molecule has 0 aliphatic carbocycles. The van der Waals surface area contributed by atoms with Crippen molar-refractivity contribution in [3.63, 3.8) is 0 Å². The van der Waals surface area contributed by atoms with Crippen LogP contribution >= 0.6 is 0 Å². The number of aliphatic hydroxyl groups is 2. The van der Waals surface area contributed by atoms with Gasteiger partial charge >= 0.3 is 0 Å². The van der Waals surface area contributed by atoms with E-state index in [1.807, 2.05) is 121 Å². The van der Waals surface area contributed by atoms with E-state index in [4.69, 9.17) is 4.99 Å². The lowest BCUT2D eigenvalue weighted by atomic mass is 10.2. The number of para-hydroxylation sites is 3. The first-order chi connectivity index (χ1) is 23.2. The number of carbonyl (C=O) groups excluding carboxylic acids is 1. The molecule has 13 heteroatoms. The summed E-state index contributed by atoms with van der Waals surface area (Å²) in [5.74, 6) is -0.353. The van der Waals surface area contributed by atoms with Crippen molar-refractivity contribution in [3.8, 4) is 0 Å². The summed E-state index contributed by atoms with van der Waals surface area (Å²) in [6, 6.07) is 17.3. The number of amides is 1. The van der Waals surface area contributed by atoms with E-state index in [1.54, 1.807) is 15.4 Å². The molecule has 1 unspecified atom stereocenters. The van der Waals surface area contributed by atoms with Crippen LogP contribution < -0.4 is 11.2 Å². The molecule has 0 radical (unpaired) electrons. The van der Waals surface area contributed by atoms with Gasteiger partial charge in [-0.2, -0.15) is 15.2 Å². The maximum Gasteiger partial charge on any atom is 0.298 e. The highest BCUT2D eigenvalue weighted by Gasteiger charge is 2.18. The van der Waals surface area contributed by atoms with Gasteiger partial charge in [-0.15, -0.1) is 0 Å². The fourth-order valence-electron chi connectivity index (χ4n) is 6.36. The molecule has 250 valence electrons. The van der Waals surface area contributed by atoms with Crippen LogP contribution in [0.5, 0.6) is 0 Å². The van der Waals surface area contributed by atoms with Crippen LogP contribution in [-0.2, 0) is 46.9 Å². The SMILES string of the molecule is CCn1nc(C)cc1C(=O)N=c1n(C)c2ccccc2n1C/C=C/Cn1c(=NC(O)c2cc(C)nn2CC)n(C)c2cccc(CO)c21. The van der Waals surface area contributed by atoms with E-state index in [0.717, 1.165) is 39.0 Å². The van der Waals surface area contributed by atoms with Gasteiger partial charge in [0.25, 0.3) is 5.91 Å². The molecule has 2 aromatic carbocycles. The quantitative estimate of drug-likeness (QED) is 0.219. The molecule has 6 aromatic rings. The van der Waals surface area contributed by atoms with Gasteiger partial charge in [-0.3, -0.25) is 14.2 Å². The molecule has 6 rings (SSSR count). The van der Waals surface area contributed by atoms with E-state index in [0.29, 0.717) is 48.8 Å². The second-order valence-corrected chi connectivity index (χ2v) is 11.8. The van der Waals surface area contributed by atoms with Crippen LogP contribution in [0.1, 0.15) is 53.2 Å². The van der Waals surface area contributed by atoms with Crippen LogP contribution in [0.2, 0.25) is 0 Å². The van der Waals surface area contributed by atoms with E-state index in [9.17, 15) is 15.0 Å². The normalized spacial score (nSPS) is 13.6. The molecular formula is C35H42N10O3. The lowest BCUT2D eigenvalue weighted by molar-refractivity contribution is 0.0985. The zero-order valence-corrected chi connectivity index (χ0v) is 28.2. The Bertz CT molecular complexity index is 2300. The summed E-state index contributed by atoms with van der Waals surface area (Å²) < 4.78 is 11.3. The summed E-state index contributed by atoms with van der Waals surface area (Å²) >= 11 is 0. The third-order valence-corrected chi connectivity index (χ3v) is 8.62. The lowest BCUT2D eigenvalue weighted by Gasteiger charge is -2.09. The third-order valence-electron chi connectivity index (χ3n) is 8.62. The Morgan fingerprint density at radius 1 is 0.833 bits per heavy atom. The molecule has 1 amide bonds. The smallest absolute Gasteiger partial charge is 0.298 e. The van der Waals surface area contributed by atoms with Crippen molar-refractivity contribution in [3.05, 3.63) is 106 Å². The van der Waals surface area contributed by atoms with E-state index in [2.05, 4.69) is 15.2 Å². The number of aliphatic hydroxyl groups excluding tert-OH is 2. The topological polar surface area (TPSA) is 138 Å². The highest BCUT2D eigenvalue weighted by Crippen LogP contribution is 2.20. The maximum absolute atomic E-state index is 13.4. The largest absolute Gasteiger partial charge is 0.392 e. The summed E-state index contributed by atoms with van der Waals surface area (Å²) in [4.78, 5) is 22.8. The Hall–Kier alpha value is -5.27. The summed E-state index contributed by atoms with van der Waals surface area (Å²) in [6.07, 6.45) is 2.91. The van der Waals surface area contributed by atoms with Gasteiger partial charge in [-0.05, 0) is 58.0 Å². The van der Waals surface area contributed by atoms with Crippen molar-refractivity contribution in [2.75, 3.05) is 0 Å². The second kappa shape index (κ2) is 13.5. The van der Waals surface area contributed by atoms with E-state index in [-0.39, 0.29) is 12.5 Å². The predicted molar refractivity (Wildman–Crippen MR) is 183 cm³/mol. The maximum atomic E-state index is 13.4. The monoisotopic (exact) mass is 650 g/mol. The minimum Gasteiger partial charge on any atom is -0.392 e. The van der Waals surface area contributed by atoms with Crippen LogP contribution in [0.25, 0.3) is 22.1 Å². The molecule has 48 heavy (non-hydrogen) atoms. The lowest BCUT2D eigenvalue weighted by Crippen LogP contribution is -2.27. The van der Waals surface area contributed by atoms with Crippen molar-refractivity contribution >= 4 is 28.0 Å². The fourth-order valence-corrected chi connectivity index (χ4v) is 6.36. The molecule has 0 saturated heterocycles. The van der Waals surface area contributed by atoms with E-state index in [1.165, 1.54) is 0 Å². The van der Waals surface area contributed by atoms with Crippen LogP contribution in [0.3, 0.4) is 0 Å². The molecule has 0 spiro atoms. The molecule has 0 fully saturated rings. The molecule has 0 aliphatic heterocycles. The molecular weight excluding hydrogens is 608 g/mol. The number of benzene rings is 2. The predicted octanol–water partition coefficient (Wildman–Crippen LogP) is 3.40. The number of nitrogens with zero attached hydrogens (tertiary/aromatic N) is 10. The van der Waals surface area contributed by atoms with Crippen LogP contribution in [0, 0.1) is 13.8 Å². The van der Waals surface area contributed by atoms with Crippen LogP contribution in [0.4, 0.5) is 0 Å². The zero-order chi connectivity index (χ0) is 34.1. The van der Waals surface area contributed by atoms with Gasteiger partial charge in [0.05, 0.1) is 45.8 Å². The van der Waals surface area contributed by atoms with Gasteiger partial charge in [-0.1, -0.05) is 36.4 Å². The van der Waals surface area contributed by atoms with Crippen LogP contribution in [0.15, 0.2) is 76.7 Å². The van der Waals surface area contributed by atoms with Gasteiger partial charge in [0.2, 0.25) is 11.2 Å². The van der Waals surface area contributed by atoms with Gasteiger partial charge in [0.15, 0.2) is 6.23 Å². The number of fused-ring (bicyclic) bond motifs is 2. The molecule has 4 heterocycles. The van der Waals surface area contributed by atoms with Gasteiger partial charge < -0.3 is 28.5 Å². The minimum atomic E-state index is -1.14. The summed E-state index contributed by atoms with van der Waals surface area (Å²) in [6.45, 7) is 9.57. The molecule has 2 N–H and O–H groups in total.